The van der Waals surface area contributed by atoms with E-state index < -0.39 is 17.3 Å². The molecule has 5 nitrogen and oxygen atoms in total. The minimum Gasteiger partial charge on any atom is -0.480 e. The molecule has 94 valence electrons. The molecule has 0 radical (unpaired) electrons. The van der Waals surface area contributed by atoms with Gasteiger partial charge in [-0.2, -0.15) is 0 Å². The molecule has 1 heterocycles. The fourth-order valence-corrected chi connectivity index (χ4v) is 1.89. The zero-order chi connectivity index (χ0) is 13.1. The van der Waals surface area contributed by atoms with Crippen LogP contribution in [0.4, 0.5) is 0 Å². The van der Waals surface area contributed by atoms with E-state index in [2.05, 4.69) is 10.3 Å². The monoisotopic (exact) mass is 256 g/mol. The Kier molecular flexibility index (Phi) is 4.22. The zero-order valence-electron chi connectivity index (χ0n) is 10.1. The number of thiazole rings is 1. The normalized spacial score (nSPS) is 11.2. The van der Waals surface area contributed by atoms with E-state index in [1.165, 1.54) is 25.2 Å². The largest absolute Gasteiger partial charge is 0.480 e. The number of carbonyl (C=O) groups excluding carboxylic acids is 1. The van der Waals surface area contributed by atoms with Gasteiger partial charge in [0.1, 0.15) is 5.41 Å². The van der Waals surface area contributed by atoms with Crippen molar-refractivity contribution in [1.82, 2.24) is 10.3 Å². The highest BCUT2D eigenvalue weighted by Gasteiger charge is 2.35. The molecule has 0 saturated heterocycles. The average molecular weight is 256 g/mol. The second kappa shape index (κ2) is 5.27. The number of aliphatic carboxylic acids is 1. The maximum atomic E-state index is 11.6. The van der Waals surface area contributed by atoms with Crippen molar-refractivity contribution >= 4 is 23.2 Å². The summed E-state index contributed by atoms with van der Waals surface area (Å²) in [6.07, 6.45) is 0.625. The van der Waals surface area contributed by atoms with E-state index in [1.54, 1.807) is 0 Å². The first-order valence-electron chi connectivity index (χ1n) is 5.26. The highest BCUT2D eigenvalue weighted by molar-refractivity contribution is 7.09. The molecule has 2 N–H and O–H groups in total. The number of rotatable bonds is 5. The molecule has 1 aromatic rings. The van der Waals surface area contributed by atoms with E-state index in [1.807, 2.05) is 12.3 Å². The molecular weight excluding hydrogens is 240 g/mol. The van der Waals surface area contributed by atoms with Crippen molar-refractivity contribution in [2.75, 3.05) is 6.54 Å². The Bertz CT molecular complexity index is 426. The standard InChI is InChI=1S/C11H16N2O3S/c1-7-6-17-8(13-7)4-5-12-9(14)11(2,3)10(15)16/h6H,4-5H2,1-3H3,(H,12,14)(H,15,16). The van der Waals surface area contributed by atoms with Gasteiger partial charge in [-0.05, 0) is 20.8 Å². The molecule has 6 heteroatoms. The summed E-state index contributed by atoms with van der Waals surface area (Å²) in [4.78, 5) is 26.7. The van der Waals surface area contributed by atoms with Crippen molar-refractivity contribution in [3.8, 4) is 0 Å². The van der Waals surface area contributed by atoms with Gasteiger partial charge in [0.15, 0.2) is 0 Å². The van der Waals surface area contributed by atoms with Crippen LogP contribution in [-0.2, 0) is 16.0 Å². The lowest BCUT2D eigenvalue weighted by Gasteiger charge is -2.17. The van der Waals surface area contributed by atoms with Crippen LogP contribution in [0.15, 0.2) is 5.38 Å². The molecule has 0 aliphatic heterocycles. The third kappa shape index (κ3) is 3.52. The Morgan fingerprint density at radius 2 is 2.18 bits per heavy atom. The molecule has 0 aliphatic carbocycles. The third-order valence-electron chi connectivity index (χ3n) is 2.39. The van der Waals surface area contributed by atoms with Crippen LogP contribution >= 0.6 is 11.3 Å². The summed E-state index contributed by atoms with van der Waals surface area (Å²) in [7, 11) is 0. The van der Waals surface area contributed by atoms with Gasteiger partial charge in [-0.3, -0.25) is 9.59 Å². The molecule has 1 amide bonds. The van der Waals surface area contributed by atoms with Crippen molar-refractivity contribution in [2.45, 2.75) is 27.2 Å². The van der Waals surface area contributed by atoms with Gasteiger partial charge >= 0.3 is 5.97 Å². The number of carboxylic acid groups (broad SMARTS) is 1. The number of hydrogen-bond donors (Lipinski definition) is 2. The summed E-state index contributed by atoms with van der Waals surface area (Å²) in [5, 5.41) is 14.4. The van der Waals surface area contributed by atoms with Crippen LogP contribution in [0.25, 0.3) is 0 Å². The van der Waals surface area contributed by atoms with Crippen LogP contribution in [0.3, 0.4) is 0 Å². The second-order valence-corrected chi connectivity index (χ2v) is 5.26. The van der Waals surface area contributed by atoms with E-state index in [-0.39, 0.29) is 0 Å². The number of aromatic nitrogens is 1. The van der Waals surface area contributed by atoms with E-state index in [0.29, 0.717) is 13.0 Å². The first kappa shape index (κ1) is 13.6. The first-order chi connectivity index (χ1) is 7.84. The van der Waals surface area contributed by atoms with Gasteiger partial charge in [-0.1, -0.05) is 0 Å². The van der Waals surface area contributed by atoms with E-state index in [9.17, 15) is 9.59 Å². The van der Waals surface area contributed by atoms with Crippen molar-refractivity contribution in [3.05, 3.63) is 16.1 Å². The number of nitrogens with one attached hydrogen (secondary N) is 1. The second-order valence-electron chi connectivity index (χ2n) is 4.32. The number of nitrogens with zero attached hydrogens (tertiary/aromatic N) is 1. The lowest BCUT2D eigenvalue weighted by molar-refractivity contribution is -0.153. The van der Waals surface area contributed by atoms with Gasteiger partial charge in [0.2, 0.25) is 5.91 Å². The Morgan fingerprint density at radius 3 is 2.65 bits per heavy atom. The molecule has 0 spiro atoms. The summed E-state index contributed by atoms with van der Waals surface area (Å²) < 4.78 is 0. The smallest absolute Gasteiger partial charge is 0.318 e. The van der Waals surface area contributed by atoms with Crippen LogP contribution in [-0.4, -0.2) is 28.5 Å². The van der Waals surface area contributed by atoms with Crippen LogP contribution in [0.5, 0.6) is 0 Å². The molecule has 0 aliphatic rings. The van der Waals surface area contributed by atoms with Gasteiger partial charge in [0.25, 0.3) is 0 Å². The minimum atomic E-state index is -1.39. The molecule has 1 rings (SSSR count). The SMILES string of the molecule is Cc1csc(CCNC(=O)C(C)(C)C(=O)O)n1. The fourth-order valence-electron chi connectivity index (χ4n) is 1.12. The van der Waals surface area contributed by atoms with Gasteiger partial charge in [0.05, 0.1) is 5.01 Å². The summed E-state index contributed by atoms with van der Waals surface area (Å²) in [5.41, 5.74) is -0.430. The molecule has 0 bridgehead atoms. The summed E-state index contributed by atoms with van der Waals surface area (Å²) in [6.45, 7) is 5.09. The molecule has 1 aromatic heterocycles. The summed E-state index contributed by atoms with van der Waals surface area (Å²) in [5.74, 6) is -1.60. The van der Waals surface area contributed by atoms with E-state index in [0.717, 1.165) is 10.7 Å². The minimum absolute atomic E-state index is 0.405. The van der Waals surface area contributed by atoms with E-state index in [4.69, 9.17) is 5.11 Å². The van der Waals surface area contributed by atoms with E-state index >= 15 is 0 Å². The average Bonchev–Trinajstić information content (AvgIpc) is 2.63. The predicted octanol–water partition coefficient (Wildman–Crippen LogP) is 1.22. The van der Waals surface area contributed by atoms with Gasteiger partial charge in [-0.15, -0.1) is 11.3 Å². The number of aryl methyl sites for hydroxylation is 1. The summed E-state index contributed by atoms with van der Waals surface area (Å²) in [6, 6.07) is 0. The Labute approximate surface area is 104 Å². The molecule has 0 fully saturated rings. The van der Waals surface area contributed by atoms with Crippen molar-refractivity contribution < 1.29 is 14.7 Å². The zero-order valence-corrected chi connectivity index (χ0v) is 10.9. The van der Waals surface area contributed by atoms with Gasteiger partial charge in [0, 0.05) is 24.0 Å². The fraction of sp³-hybridized carbons (Fsp3) is 0.545. The first-order valence-corrected chi connectivity index (χ1v) is 6.14. The van der Waals surface area contributed by atoms with Crippen molar-refractivity contribution in [1.29, 1.82) is 0 Å². The molecule has 17 heavy (non-hydrogen) atoms. The quantitative estimate of drug-likeness (QED) is 0.776. The predicted molar refractivity (Wildman–Crippen MR) is 65.0 cm³/mol. The van der Waals surface area contributed by atoms with Crippen LogP contribution in [0, 0.1) is 12.3 Å². The van der Waals surface area contributed by atoms with Crippen LogP contribution in [0.1, 0.15) is 24.5 Å². The number of amides is 1. The third-order valence-corrected chi connectivity index (χ3v) is 3.42. The lowest BCUT2D eigenvalue weighted by atomic mass is 9.93. The highest BCUT2D eigenvalue weighted by Crippen LogP contribution is 2.15. The van der Waals surface area contributed by atoms with Gasteiger partial charge < -0.3 is 10.4 Å². The van der Waals surface area contributed by atoms with Crippen LogP contribution in [0.2, 0.25) is 0 Å². The summed E-state index contributed by atoms with van der Waals surface area (Å²) >= 11 is 1.54. The maximum Gasteiger partial charge on any atom is 0.318 e. The number of carboxylic acids is 1. The molecule has 0 saturated carbocycles. The molecule has 0 aromatic carbocycles. The number of hydrogen-bond acceptors (Lipinski definition) is 4. The van der Waals surface area contributed by atoms with Crippen molar-refractivity contribution in [3.63, 3.8) is 0 Å². The highest BCUT2D eigenvalue weighted by atomic mass is 32.1. The molecule has 0 atom stereocenters. The maximum absolute atomic E-state index is 11.6. The Morgan fingerprint density at radius 1 is 1.53 bits per heavy atom. The molecule has 0 unspecified atom stereocenters. The number of carbonyl (C=O) groups is 2. The topological polar surface area (TPSA) is 79.3 Å². The Balaban J connectivity index is 2.42. The lowest BCUT2D eigenvalue weighted by Crippen LogP contribution is -2.42. The Hall–Kier alpha value is -1.43. The van der Waals surface area contributed by atoms with Gasteiger partial charge in [-0.25, -0.2) is 4.98 Å². The van der Waals surface area contributed by atoms with Crippen LogP contribution < -0.4 is 5.32 Å². The molecular formula is C11H16N2O3S. The van der Waals surface area contributed by atoms with Crippen molar-refractivity contribution in [2.24, 2.45) is 5.41 Å².